The van der Waals surface area contributed by atoms with Crippen LogP contribution in [0.15, 0.2) is 18.2 Å². The van der Waals surface area contributed by atoms with Gasteiger partial charge in [-0.1, -0.05) is 11.6 Å². The summed E-state index contributed by atoms with van der Waals surface area (Å²) in [4.78, 5) is 25.3. The number of anilines is 1. The number of carbonyl (C=O) groups is 2. The van der Waals surface area contributed by atoms with Crippen LogP contribution in [0.25, 0.3) is 0 Å². The average Bonchev–Trinajstić information content (AvgIpc) is 3.24. The number of halogens is 1. The van der Waals surface area contributed by atoms with Gasteiger partial charge in [0.25, 0.3) is 5.91 Å². The van der Waals surface area contributed by atoms with Crippen LogP contribution in [0.3, 0.4) is 0 Å². The van der Waals surface area contributed by atoms with Crippen molar-refractivity contribution in [3.8, 4) is 0 Å². The largest absolute Gasteiger partial charge is 0.345 e. The van der Waals surface area contributed by atoms with Crippen LogP contribution in [0.5, 0.6) is 0 Å². The third-order valence-electron chi connectivity index (χ3n) is 3.26. The molecule has 5 nitrogen and oxygen atoms in total. The van der Waals surface area contributed by atoms with E-state index in [1.807, 2.05) is 0 Å². The van der Waals surface area contributed by atoms with Crippen molar-refractivity contribution in [1.29, 1.82) is 0 Å². The Morgan fingerprint density at radius 3 is 2.67 bits per heavy atom. The molecule has 0 aliphatic heterocycles. The number of benzene rings is 1. The quantitative estimate of drug-likeness (QED) is 0.846. The Hall–Kier alpha value is -1.59. The topological polar surface area (TPSA) is 61.4 Å². The molecule has 0 aromatic heterocycles. The van der Waals surface area contributed by atoms with E-state index in [0.717, 1.165) is 0 Å². The Bertz CT molecular complexity index is 542. The molecular weight excluding hydrogens is 290 g/mol. The molecule has 2 rings (SSSR count). The van der Waals surface area contributed by atoms with Crippen molar-refractivity contribution in [3.63, 3.8) is 0 Å². The molecule has 1 aliphatic carbocycles. The van der Waals surface area contributed by atoms with Gasteiger partial charge in [0.1, 0.15) is 0 Å². The van der Waals surface area contributed by atoms with Crippen LogP contribution in [0, 0.1) is 0 Å². The molecule has 1 aliphatic rings. The minimum atomic E-state index is -0.127. The van der Waals surface area contributed by atoms with E-state index in [2.05, 4.69) is 10.6 Å². The van der Waals surface area contributed by atoms with Gasteiger partial charge in [-0.15, -0.1) is 0 Å². The molecule has 114 valence electrons. The molecule has 0 unspecified atom stereocenters. The smallest absolute Gasteiger partial charge is 0.253 e. The summed E-state index contributed by atoms with van der Waals surface area (Å²) in [5, 5.41) is 6.46. The van der Waals surface area contributed by atoms with Gasteiger partial charge < -0.3 is 15.5 Å². The first kappa shape index (κ1) is 15.8. The molecule has 0 heterocycles. The number of carbonyl (C=O) groups excluding carboxylic acids is 2. The van der Waals surface area contributed by atoms with E-state index >= 15 is 0 Å². The molecule has 2 amide bonds. The van der Waals surface area contributed by atoms with Gasteiger partial charge >= 0.3 is 0 Å². The normalized spacial score (nSPS) is 13.9. The Kier molecular flexibility index (Phi) is 5.20. The monoisotopic (exact) mass is 309 g/mol. The molecule has 21 heavy (non-hydrogen) atoms. The predicted octanol–water partition coefficient (Wildman–Crippen LogP) is 2.12. The predicted molar refractivity (Wildman–Crippen MR) is 83.7 cm³/mol. The van der Waals surface area contributed by atoms with Crippen molar-refractivity contribution in [2.75, 3.05) is 26.0 Å². The van der Waals surface area contributed by atoms with E-state index in [0.29, 0.717) is 35.3 Å². The van der Waals surface area contributed by atoms with Crippen LogP contribution < -0.4 is 10.6 Å². The van der Waals surface area contributed by atoms with E-state index in [9.17, 15) is 9.59 Å². The Labute approximate surface area is 129 Å². The minimum absolute atomic E-state index is 0.112. The Morgan fingerprint density at radius 2 is 2.05 bits per heavy atom. The maximum absolute atomic E-state index is 11.9. The van der Waals surface area contributed by atoms with E-state index in [1.54, 1.807) is 32.3 Å². The lowest BCUT2D eigenvalue weighted by Crippen LogP contribution is -2.24. The molecule has 1 fully saturated rings. The molecule has 1 saturated carbocycles. The lowest BCUT2D eigenvalue weighted by atomic mass is 10.1. The van der Waals surface area contributed by atoms with Crippen LogP contribution in [0.4, 0.5) is 5.69 Å². The molecule has 0 atom stereocenters. The second-order valence-corrected chi connectivity index (χ2v) is 5.83. The van der Waals surface area contributed by atoms with Crippen LogP contribution in [0.2, 0.25) is 5.02 Å². The minimum Gasteiger partial charge on any atom is -0.345 e. The van der Waals surface area contributed by atoms with Gasteiger partial charge in [-0.3, -0.25) is 9.59 Å². The first-order valence-electron chi connectivity index (χ1n) is 7.02. The van der Waals surface area contributed by atoms with Gasteiger partial charge in [-0.2, -0.15) is 0 Å². The van der Waals surface area contributed by atoms with Gasteiger partial charge in [0.2, 0.25) is 5.91 Å². The zero-order valence-electron chi connectivity index (χ0n) is 12.3. The van der Waals surface area contributed by atoms with Gasteiger partial charge in [0, 0.05) is 38.7 Å². The second kappa shape index (κ2) is 6.91. The third-order valence-corrected chi connectivity index (χ3v) is 3.59. The maximum atomic E-state index is 11.9. The molecule has 0 saturated heterocycles. The lowest BCUT2D eigenvalue weighted by Gasteiger charge is -2.13. The highest BCUT2D eigenvalue weighted by Crippen LogP contribution is 2.24. The van der Waals surface area contributed by atoms with Crippen LogP contribution in [-0.4, -0.2) is 43.4 Å². The number of hydrogen-bond donors (Lipinski definition) is 2. The van der Waals surface area contributed by atoms with Crippen LogP contribution >= 0.6 is 11.6 Å². The van der Waals surface area contributed by atoms with E-state index in [-0.39, 0.29) is 11.8 Å². The van der Waals surface area contributed by atoms with Crippen molar-refractivity contribution in [1.82, 2.24) is 10.2 Å². The Balaban J connectivity index is 1.95. The average molecular weight is 310 g/mol. The van der Waals surface area contributed by atoms with E-state index in [1.165, 1.54) is 17.7 Å². The summed E-state index contributed by atoms with van der Waals surface area (Å²) >= 11 is 6.06. The molecule has 2 N–H and O–H groups in total. The second-order valence-electron chi connectivity index (χ2n) is 5.42. The first-order chi connectivity index (χ1) is 9.97. The summed E-state index contributed by atoms with van der Waals surface area (Å²) in [6.45, 7) is 0.657. The van der Waals surface area contributed by atoms with Crippen molar-refractivity contribution in [3.05, 3.63) is 28.8 Å². The summed E-state index contributed by atoms with van der Waals surface area (Å²) in [5.74, 6) is -0.239. The summed E-state index contributed by atoms with van der Waals surface area (Å²) < 4.78 is 0. The molecule has 1 aromatic carbocycles. The molecule has 6 heteroatoms. The number of amides is 2. The standard InChI is InChI=1S/C15H20ClN3O2/c1-19(2)15(21)10-3-6-12(16)13(9-10)18-14(20)7-8-17-11-4-5-11/h3,6,9,11,17H,4-5,7-8H2,1-2H3,(H,18,20). The molecule has 0 spiro atoms. The third kappa shape index (κ3) is 4.72. The summed E-state index contributed by atoms with van der Waals surface area (Å²) in [5.41, 5.74) is 0.969. The molecule has 0 radical (unpaired) electrons. The fourth-order valence-electron chi connectivity index (χ4n) is 1.90. The van der Waals surface area contributed by atoms with Gasteiger partial charge in [-0.25, -0.2) is 0 Å². The van der Waals surface area contributed by atoms with Crippen molar-refractivity contribution < 1.29 is 9.59 Å². The van der Waals surface area contributed by atoms with Crippen molar-refractivity contribution >= 4 is 29.1 Å². The fraction of sp³-hybridized carbons (Fsp3) is 0.467. The highest BCUT2D eigenvalue weighted by Gasteiger charge is 2.20. The summed E-state index contributed by atoms with van der Waals surface area (Å²) in [6, 6.07) is 5.46. The number of nitrogens with one attached hydrogen (secondary N) is 2. The Morgan fingerprint density at radius 1 is 1.33 bits per heavy atom. The first-order valence-corrected chi connectivity index (χ1v) is 7.39. The zero-order chi connectivity index (χ0) is 15.4. The van der Waals surface area contributed by atoms with Crippen molar-refractivity contribution in [2.24, 2.45) is 0 Å². The SMILES string of the molecule is CN(C)C(=O)c1ccc(Cl)c(NC(=O)CCNC2CC2)c1. The number of rotatable bonds is 6. The fourth-order valence-corrected chi connectivity index (χ4v) is 2.07. The highest BCUT2D eigenvalue weighted by atomic mass is 35.5. The van der Waals surface area contributed by atoms with Crippen molar-refractivity contribution in [2.45, 2.75) is 25.3 Å². The molecule has 0 bridgehead atoms. The molecule has 1 aromatic rings. The summed E-state index contributed by atoms with van der Waals surface area (Å²) in [7, 11) is 3.36. The maximum Gasteiger partial charge on any atom is 0.253 e. The van der Waals surface area contributed by atoms with Gasteiger partial charge in [0.05, 0.1) is 10.7 Å². The highest BCUT2D eigenvalue weighted by molar-refractivity contribution is 6.33. The van der Waals surface area contributed by atoms with Gasteiger partial charge in [0.15, 0.2) is 0 Å². The van der Waals surface area contributed by atoms with E-state index < -0.39 is 0 Å². The number of nitrogens with zero attached hydrogens (tertiary/aromatic N) is 1. The summed E-state index contributed by atoms with van der Waals surface area (Å²) in [6.07, 6.45) is 2.78. The van der Waals surface area contributed by atoms with Gasteiger partial charge in [-0.05, 0) is 31.0 Å². The van der Waals surface area contributed by atoms with E-state index in [4.69, 9.17) is 11.6 Å². The number of hydrogen-bond acceptors (Lipinski definition) is 3. The lowest BCUT2D eigenvalue weighted by molar-refractivity contribution is -0.116. The van der Waals surface area contributed by atoms with Crippen LogP contribution in [0.1, 0.15) is 29.6 Å². The molecular formula is C15H20ClN3O2. The zero-order valence-corrected chi connectivity index (χ0v) is 13.0. The van der Waals surface area contributed by atoms with Crippen LogP contribution in [-0.2, 0) is 4.79 Å².